The largest absolute Gasteiger partial charge is 0.322 e. The van der Waals surface area contributed by atoms with Gasteiger partial charge in [-0.3, -0.25) is 24.6 Å². The van der Waals surface area contributed by atoms with Crippen LogP contribution in [-0.4, -0.2) is 46.7 Å². The van der Waals surface area contributed by atoms with E-state index in [-0.39, 0.29) is 24.1 Å². The fourth-order valence-corrected chi connectivity index (χ4v) is 5.78. The van der Waals surface area contributed by atoms with Crippen LogP contribution < -0.4 is 5.32 Å². The van der Waals surface area contributed by atoms with Gasteiger partial charge < -0.3 is 4.90 Å². The van der Waals surface area contributed by atoms with Crippen LogP contribution in [0.3, 0.4) is 0 Å². The maximum atomic E-state index is 13.0. The molecule has 3 heterocycles. The van der Waals surface area contributed by atoms with Crippen LogP contribution in [0.4, 0.5) is 0 Å². The Morgan fingerprint density at radius 3 is 2.34 bits per heavy atom. The van der Waals surface area contributed by atoms with Crippen LogP contribution in [0.1, 0.15) is 78.1 Å². The van der Waals surface area contributed by atoms with E-state index in [1.54, 1.807) is 4.90 Å². The fraction of sp³-hybridized carbons (Fsp3) is 0.483. The first-order chi connectivity index (χ1) is 16.9. The van der Waals surface area contributed by atoms with E-state index in [9.17, 15) is 14.4 Å². The minimum Gasteiger partial charge on any atom is -0.322 e. The molecule has 1 unspecified atom stereocenters. The molecule has 2 fully saturated rings. The van der Waals surface area contributed by atoms with Crippen molar-refractivity contribution in [2.45, 2.75) is 71.0 Å². The molecule has 184 valence electrons. The van der Waals surface area contributed by atoms with Crippen molar-refractivity contribution in [1.29, 1.82) is 0 Å². The predicted molar refractivity (Wildman–Crippen MR) is 135 cm³/mol. The third-order valence-corrected chi connectivity index (χ3v) is 7.68. The van der Waals surface area contributed by atoms with Gasteiger partial charge in [0.25, 0.3) is 5.91 Å². The van der Waals surface area contributed by atoms with Gasteiger partial charge in [0, 0.05) is 25.1 Å². The second kappa shape index (κ2) is 9.94. The molecule has 5 rings (SSSR count). The van der Waals surface area contributed by atoms with Crippen molar-refractivity contribution in [3.63, 3.8) is 0 Å². The van der Waals surface area contributed by atoms with E-state index >= 15 is 0 Å². The number of nitrogens with one attached hydrogen (secondary N) is 1. The number of hydrogen-bond acceptors (Lipinski definition) is 4. The minimum atomic E-state index is -0.557. The summed E-state index contributed by atoms with van der Waals surface area (Å²) in [4.78, 5) is 40.9. The van der Waals surface area contributed by atoms with Crippen molar-refractivity contribution in [2.75, 3.05) is 13.1 Å². The number of nitrogens with zero attached hydrogens (tertiary/aromatic N) is 2. The van der Waals surface area contributed by atoms with Crippen LogP contribution in [0.25, 0.3) is 0 Å². The molecule has 1 atom stereocenters. The standard InChI is InChI=1S/C29H35N3O3/c1-19(2)15-20-3-5-21(6-4-20)17-31-13-11-22(12-14-31)23-7-8-25-24(16-23)18-32(29(25)35)26-9-10-27(33)30-28(26)34/h3-8,16,19,22,26H,9-15,17-18H2,1-2H3,(H,30,33,34). The molecule has 0 radical (unpaired) electrons. The second-order valence-corrected chi connectivity index (χ2v) is 10.8. The molecule has 2 aromatic carbocycles. The average molecular weight is 474 g/mol. The van der Waals surface area contributed by atoms with Crippen LogP contribution in [-0.2, 0) is 29.1 Å². The SMILES string of the molecule is CC(C)Cc1ccc(CN2CCC(c3ccc4c(c3)CN(C3CCC(=O)NC3=O)C4=O)CC2)cc1. The van der Waals surface area contributed by atoms with E-state index in [1.807, 2.05) is 6.07 Å². The van der Waals surface area contributed by atoms with Gasteiger partial charge in [-0.1, -0.05) is 50.2 Å². The van der Waals surface area contributed by atoms with E-state index in [2.05, 4.69) is 60.5 Å². The van der Waals surface area contributed by atoms with Gasteiger partial charge in [-0.2, -0.15) is 0 Å². The second-order valence-electron chi connectivity index (χ2n) is 10.8. The fourth-order valence-electron chi connectivity index (χ4n) is 5.78. The number of imide groups is 1. The molecule has 2 aromatic rings. The van der Waals surface area contributed by atoms with Crippen molar-refractivity contribution < 1.29 is 14.4 Å². The van der Waals surface area contributed by atoms with Crippen molar-refractivity contribution in [3.05, 3.63) is 70.3 Å². The quantitative estimate of drug-likeness (QED) is 0.644. The van der Waals surface area contributed by atoms with E-state index in [4.69, 9.17) is 0 Å². The predicted octanol–water partition coefficient (Wildman–Crippen LogP) is 4.03. The van der Waals surface area contributed by atoms with E-state index in [0.29, 0.717) is 30.4 Å². The van der Waals surface area contributed by atoms with Gasteiger partial charge in [0.1, 0.15) is 6.04 Å². The molecule has 0 saturated carbocycles. The first kappa shape index (κ1) is 23.7. The number of amides is 3. The normalized spacial score (nSPS) is 21.5. The van der Waals surface area contributed by atoms with Crippen LogP contribution in [0.5, 0.6) is 0 Å². The van der Waals surface area contributed by atoms with Crippen LogP contribution in [0.15, 0.2) is 42.5 Å². The summed E-state index contributed by atoms with van der Waals surface area (Å²) in [6, 6.07) is 14.7. The molecular weight excluding hydrogens is 438 g/mol. The third-order valence-electron chi connectivity index (χ3n) is 7.68. The zero-order valence-electron chi connectivity index (χ0n) is 20.8. The summed E-state index contributed by atoms with van der Waals surface area (Å²) >= 11 is 0. The van der Waals surface area contributed by atoms with Crippen molar-refractivity contribution in [3.8, 4) is 0 Å². The summed E-state index contributed by atoms with van der Waals surface area (Å²) in [5, 5.41) is 2.37. The van der Waals surface area contributed by atoms with Gasteiger partial charge in [-0.05, 0) is 78.9 Å². The number of likely N-dealkylation sites (tertiary alicyclic amines) is 1. The molecule has 2 saturated heterocycles. The molecular formula is C29H35N3O3. The average Bonchev–Trinajstić information content (AvgIpc) is 3.16. The highest BCUT2D eigenvalue weighted by Gasteiger charge is 2.39. The highest BCUT2D eigenvalue weighted by atomic mass is 16.2. The zero-order chi connectivity index (χ0) is 24.5. The summed E-state index contributed by atoms with van der Waals surface area (Å²) in [5.74, 6) is 0.453. The molecule has 6 heteroatoms. The highest BCUT2D eigenvalue weighted by molar-refractivity contribution is 6.05. The number of piperidine rings is 2. The van der Waals surface area contributed by atoms with Gasteiger partial charge in [0.05, 0.1) is 0 Å². The number of carbonyl (C=O) groups is 3. The molecule has 0 aromatic heterocycles. The molecule has 3 aliphatic rings. The summed E-state index contributed by atoms with van der Waals surface area (Å²) in [6.07, 6.45) is 4.02. The van der Waals surface area contributed by atoms with Gasteiger partial charge >= 0.3 is 0 Å². The van der Waals surface area contributed by atoms with Crippen molar-refractivity contribution >= 4 is 17.7 Å². The Kier molecular flexibility index (Phi) is 6.74. The van der Waals surface area contributed by atoms with Gasteiger partial charge in [-0.15, -0.1) is 0 Å². The Labute approximate surface area is 207 Å². The Hall–Kier alpha value is -2.99. The molecule has 0 spiro atoms. The Bertz CT molecular complexity index is 1120. The lowest BCUT2D eigenvalue weighted by Crippen LogP contribution is -2.52. The number of hydrogen-bond donors (Lipinski definition) is 1. The maximum absolute atomic E-state index is 13.0. The molecule has 1 N–H and O–H groups in total. The van der Waals surface area contributed by atoms with E-state index in [1.165, 1.54) is 16.7 Å². The Balaban J connectivity index is 1.18. The van der Waals surface area contributed by atoms with E-state index < -0.39 is 6.04 Å². The lowest BCUT2D eigenvalue weighted by molar-refractivity contribution is -0.136. The first-order valence-corrected chi connectivity index (χ1v) is 12.9. The third kappa shape index (κ3) is 5.18. The topological polar surface area (TPSA) is 69.7 Å². The first-order valence-electron chi connectivity index (χ1n) is 12.9. The Morgan fingerprint density at radius 2 is 1.66 bits per heavy atom. The van der Waals surface area contributed by atoms with Gasteiger partial charge in [0.15, 0.2) is 0 Å². The minimum absolute atomic E-state index is 0.102. The molecule has 0 bridgehead atoms. The van der Waals surface area contributed by atoms with Crippen molar-refractivity contribution in [1.82, 2.24) is 15.1 Å². The van der Waals surface area contributed by atoms with Crippen LogP contribution in [0, 0.1) is 5.92 Å². The van der Waals surface area contributed by atoms with Gasteiger partial charge in [-0.25, -0.2) is 0 Å². The highest BCUT2D eigenvalue weighted by Crippen LogP contribution is 2.34. The number of fused-ring (bicyclic) bond motifs is 1. The molecule has 0 aliphatic carbocycles. The lowest BCUT2D eigenvalue weighted by atomic mass is 9.87. The molecule has 3 amide bonds. The van der Waals surface area contributed by atoms with Crippen LogP contribution in [0.2, 0.25) is 0 Å². The summed E-state index contributed by atoms with van der Waals surface area (Å²) in [7, 11) is 0. The number of benzene rings is 2. The van der Waals surface area contributed by atoms with Gasteiger partial charge in [0.2, 0.25) is 11.8 Å². The smallest absolute Gasteiger partial charge is 0.255 e. The lowest BCUT2D eigenvalue weighted by Gasteiger charge is -2.32. The monoisotopic (exact) mass is 473 g/mol. The molecule has 35 heavy (non-hydrogen) atoms. The molecule has 6 nitrogen and oxygen atoms in total. The molecule has 3 aliphatic heterocycles. The summed E-state index contributed by atoms with van der Waals surface area (Å²) in [6.45, 7) is 8.08. The maximum Gasteiger partial charge on any atom is 0.255 e. The van der Waals surface area contributed by atoms with Crippen LogP contribution >= 0.6 is 0 Å². The number of carbonyl (C=O) groups excluding carboxylic acids is 3. The van der Waals surface area contributed by atoms with E-state index in [0.717, 1.165) is 44.5 Å². The summed E-state index contributed by atoms with van der Waals surface area (Å²) < 4.78 is 0. The van der Waals surface area contributed by atoms with Crippen molar-refractivity contribution in [2.24, 2.45) is 5.92 Å². The Morgan fingerprint density at radius 1 is 0.943 bits per heavy atom. The number of rotatable bonds is 6. The zero-order valence-corrected chi connectivity index (χ0v) is 20.8. The summed E-state index contributed by atoms with van der Waals surface area (Å²) in [5.41, 5.74) is 5.77.